The van der Waals surface area contributed by atoms with E-state index in [1.54, 1.807) is 6.20 Å². The number of nitrogens with zero attached hydrogens (tertiary/aromatic N) is 3. The highest BCUT2D eigenvalue weighted by Gasteiger charge is 2.13. The molecule has 4 nitrogen and oxygen atoms in total. The molecule has 17 heavy (non-hydrogen) atoms. The average Bonchev–Trinajstić information content (AvgIpc) is 2.40. The molecule has 0 atom stereocenters. The van der Waals surface area contributed by atoms with Crippen molar-refractivity contribution in [2.45, 2.75) is 19.3 Å². The molecule has 0 radical (unpaired) electrons. The molecule has 2 aromatic rings. The van der Waals surface area contributed by atoms with Crippen LogP contribution >= 0.6 is 0 Å². The fraction of sp³-hybridized carbons (Fsp3) is 0.385. The van der Waals surface area contributed by atoms with Gasteiger partial charge in [0.05, 0.1) is 11.6 Å². The van der Waals surface area contributed by atoms with Crippen LogP contribution in [0.2, 0.25) is 0 Å². The van der Waals surface area contributed by atoms with Gasteiger partial charge in [-0.15, -0.1) is 4.79 Å². The van der Waals surface area contributed by atoms with Crippen LogP contribution in [0.3, 0.4) is 0 Å². The molecule has 4 heteroatoms. The Hall–Kier alpha value is -1.84. The molecule has 1 aliphatic heterocycles. The molecule has 3 rings (SSSR count). The Kier molecular flexibility index (Phi) is 2.55. The maximum atomic E-state index is 12.3. The van der Waals surface area contributed by atoms with Crippen LogP contribution in [0.15, 0.2) is 35.3 Å². The monoisotopic (exact) mass is 229 g/mol. The molecule has 1 saturated heterocycles. The fourth-order valence-electron chi connectivity index (χ4n) is 2.35. The highest BCUT2D eigenvalue weighted by Crippen LogP contribution is 2.09. The predicted octanol–water partition coefficient (Wildman–Crippen LogP) is 1.52. The molecular formula is C13H15N3O. The highest BCUT2D eigenvalue weighted by atomic mass is 16.1. The molecule has 0 saturated carbocycles. The standard InChI is InChI=1S/C13H15N3O/c17-13-12-7-3-2-6-11(12)10-14-16(13)15-8-4-1-5-9-15/h2-3,6-7,10H,1,4-5,8-9H2. The van der Waals surface area contributed by atoms with E-state index in [1.165, 1.54) is 11.2 Å². The van der Waals surface area contributed by atoms with Crippen molar-refractivity contribution in [2.24, 2.45) is 0 Å². The van der Waals surface area contributed by atoms with Gasteiger partial charge < -0.3 is 0 Å². The van der Waals surface area contributed by atoms with Crippen molar-refractivity contribution in [1.82, 2.24) is 9.89 Å². The molecule has 0 amide bonds. The van der Waals surface area contributed by atoms with Crippen molar-refractivity contribution in [3.63, 3.8) is 0 Å². The molecular weight excluding hydrogens is 214 g/mol. The molecule has 0 bridgehead atoms. The van der Waals surface area contributed by atoms with Crippen LogP contribution < -0.4 is 10.6 Å². The molecule has 88 valence electrons. The lowest BCUT2D eigenvalue weighted by molar-refractivity contribution is 0.436. The third-order valence-corrected chi connectivity index (χ3v) is 3.28. The molecule has 0 unspecified atom stereocenters. The van der Waals surface area contributed by atoms with Gasteiger partial charge in [0.15, 0.2) is 0 Å². The first-order valence-electron chi connectivity index (χ1n) is 6.08. The molecule has 2 heterocycles. The minimum Gasteiger partial charge on any atom is -0.293 e. The molecule has 1 aromatic heterocycles. The van der Waals surface area contributed by atoms with Crippen molar-refractivity contribution in [2.75, 3.05) is 18.1 Å². The van der Waals surface area contributed by atoms with Gasteiger partial charge in [-0.3, -0.25) is 9.80 Å². The summed E-state index contributed by atoms with van der Waals surface area (Å²) in [5.74, 6) is 0. The summed E-state index contributed by atoms with van der Waals surface area (Å²) < 4.78 is 0. The van der Waals surface area contributed by atoms with Crippen LogP contribution in [-0.2, 0) is 0 Å². The van der Waals surface area contributed by atoms with Crippen molar-refractivity contribution in [3.8, 4) is 0 Å². The number of rotatable bonds is 1. The van der Waals surface area contributed by atoms with Crippen LogP contribution in [0.4, 0.5) is 0 Å². The van der Waals surface area contributed by atoms with Crippen LogP contribution in [0.5, 0.6) is 0 Å². The van der Waals surface area contributed by atoms with Gasteiger partial charge in [-0.1, -0.05) is 18.2 Å². The Morgan fingerprint density at radius 1 is 1.06 bits per heavy atom. The molecule has 0 spiro atoms. The van der Waals surface area contributed by atoms with Gasteiger partial charge in [-0.2, -0.15) is 5.10 Å². The maximum absolute atomic E-state index is 12.3. The maximum Gasteiger partial charge on any atom is 0.293 e. The topological polar surface area (TPSA) is 38.1 Å². The number of benzene rings is 1. The van der Waals surface area contributed by atoms with E-state index in [9.17, 15) is 4.79 Å². The zero-order valence-corrected chi connectivity index (χ0v) is 9.67. The number of hydrogen-bond acceptors (Lipinski definition) is 3. The zero-order chi connectivity index (χ0) is 11.7. The summed E-state index contributed by atoms with van der Waals surface area (Å²) in [6.45, 7) is 1.84. The van der Waals surface area contributed by atoms with E-state index < -0.39 is 0 Å². The summed E-state index contributed by atoms with van der Waals surface area (Å²) in [5, 5.41) is 7.95. The fourth-order valence-corrected chi connectivity index (χ4v) is 2.35. The van der Waals surface area contributed by atoms with E-state index in [1.807, 2.05) is 29.3 Å². The predicted molar refractivity (Wildman–Crippen MR) is 67.8 cm³/mol. The summed E-state index contributed by atoms with van der Waals surface area (Å²) in [6, 6.07) is 7.60. The normalized spacial score (nSPS) is 16.4. The van der Waals surface area contributed by atoms with E-state index in [0.29, 0.717) is 0 Å². The summed E-state index contributed by atoms with van der Waals surface area (Å²) >= 11 is 0. The SMILES string of the molecule is O=c1c2ccccc2cnn1N1CCCCC1. The lowest BCUT2D eigenvalue weighted by Crippen LogP contribution is -2.46. The first-order chi connectivity index (χ1) is 8.36. The first-order valence-corrected chi connectivity index (χ1v) is 6.08. The average molecular weight is 229 g/mol. The van der Waals surface area contributed by atoms with Crippen molar-refractivity contribution in [1.29, 1.82) is 0 Å². The Bertz CT molecular complexity index is 584. The van der Waals surface area contributed by atoms with Gasteiger partial charge in [-0.05, 0) is 25.3 Å². The lowest BCUT2D eigenvalue weighted by atomic mass is 10.2. The summed E-state index contributed by atoms with van der Waals surface area (Å²) in [6.07, 6.45) is 5.30. The van der Waals surface area contributed by atoms with E-state index in [-0.39, 0.29) is 5.56 Å². The number of hydrogen-bond donors (Lipinski definition) is 0. The second-order valence-electron chi connectivity index (χ2n) is 4.44. The molecule has 1 aliphatic rings. The number of aromatic nitrogens is 2. The zero-order valence-electron chi connectivity index (χ0n) is 9.67. The van der Waals surface area contributed by atoms with Gasteiger partial charge in [0.2, 0.25) is 0 Å². The minimum absolute atomic E-state index is 0.00926. The van der Waals surface area contributed by atoms with Crippen molar-refractivity contribution >= 4 is 10.8 Å². The minimum atomic E-state index is -0.00926. The van der Waals surface area contributed by atoms with E-state index in [0.717, 1.165) is 36.7 Å². The van der Waals surface area contributed by atoms with Gasteiger partial charge in [0, 0.05) is 18.5 Å². The van der Waals surface area contributed by atoms with Gasteiger partial charge in [-0.25, -0.2) is 0 Å². The molecule has 0 aliphatic carbocycles. The Morgan fingerprint density at radius 3 is 2.65 bits per heavy atom. The second kappa shape index (κ2) is 4.20. The Balaban J connectivity index is 2.11. The number of fused-ring (bicyclic) bond motifs is 1. The van der Waals surface area contributed by atoms with Crippen LogP contribution in [0.25, 0.3) is 10.8 Å². The quantitative estimate of drug-likeness (QED) is 0.744. The third kappa shape index (κ3) is 1.79. The van der Waals surface area contributed by atoms with Crippen molar-refractivity contribution < 1.29 is 0 Å². The molecule has 1 fully saturated rings. The van der Waals surface area contributed by atoms with E-state index in [2.05, 4.69) is 5.10 Å². The van der Waals surface area contributed by atoms with E-state index in [4.69, 9.17) is 0 Å². The third-order valence-electron chi connectivity index (χ3n) is 3.28. The van der Waals surface area contributed by atoms with Gasteiger partial charge >= 0.3 is 0 Å². The first kappa shape index (κ1) is 10.3. The van der Waals surface area contributed by atoms with Gasteiger partial charge in [0.1, 0.15) is 0 Å². The van der Waals surface area contributed by atoms with Crippen LogP contribution in [0, 0.1) is 0 Å². The van der Waals surface area contributed by atoms with Crippen LogP contribution in [0.1, 0.15) is 19.3 Å². The second-order valence-corrected chi connectivity index (χ2v) is 4.44. The van der Waals surface area contributed by atoms with Crippen molar-refractivity contribution in [3.05, 3.63) is 40.8 Å². The molecule has 0 N–H and O–H groups in total. The summed E-state index contributed by atoms with van der Waals surface area (Å²) in [4.78, 5) is 13.8. The highest BCUT2D eigenvalue weighted by molar-refractivity contribution is 5.80. The van der Waals surface area contributed by atoms with E-state index >= 15 is 0 Å². The Morgan fingerprint density at radius 2 is 1.82 bits per heavy atom. The van der Waals surface area contributed by atoms with Gasteiger partial charge in [0.25, 0.3) is 5.56 Å². The van der Waals surface area contributed by atoms with Crippen LogP contribution in [-0.4, -0.2) is 23.0 Å². The lowest BCUT2D eigenvalue weighted by Gasteiger charge is -2.28. The summed E-state index contributed by atoms with van der Waals surface area (Å²) in [5.41, 5.74) is -0.00926. The number of piperidine rings is 1. The summed E-state index contributed by atoms with van der Waals surface area (Å²) in [7, 11) is 0. The molecule has 1 aromatic carbocycles. The largest absolute Gasteiger partial charge is 0.293 e. The smallest absolute Gasteiger partial charge is 0.293 e. The Labute approximate surface area is 99.4 Å².